The third-order valence-corrected chi connectivity index (χ3v) is 5.56. The molecule has 1 fully saturated rings. The van der Waals surface area contributed by atoms with Crippen LogP contribution in [-0.2, 0) is 0 Å². The van der Waals surface area contributed by atoms with Gasteiger partial charge in [0.05, 0.1) is 24.4 Å². The summed E-state index contributed by atoms with van der Waals surface area (Å²) in [5, 5.41) is 4.66. The van der Waals surface area contributed by atoms with Crippen molar-refractivity contribution in [3.8, 4) is 17.1 Å². The molecule has 1 aliphatic rings. The van der Waals surface area contributed by atoms with Crippen LogP contribution in [-0.4, -0.2) is 26.9 Å². The Balaban J connectivity index is 1.88. The molecule has 0 aliphatic heterocycles. The normalized spacial score (nSPS) is 15.5. The first-order valence-corrected chi connectivity index (χ1v) is 9.71. The van der Waals surface area contributed by atoms with Gasteiger partial charge in [0, 0.05) is 4.47 Å². The number of methoxy groups -OCH3 is 1. The minimum Gasteiger partial charge on any atom is -0.496 e. The van der Waals surface area contributed by atoms with Gasteiger partial charge in [-0.3, -0.25) is 9.48 Å². The van der Waals surface area contributed by atoms with Crippen molar-refractivity contribution in [2.24, 2.45) is 0 Å². The molecule has 0 spiro atoms. The van der Waals surface area contributed by atoms with E-state index >= 15 is 0 Å². The molecule has 0 amide bonds. The Morgan fingerprint density at radius 1 is 1.27 bits per heavy atom. The molecule has 6 nitrogen and oxygen atoms in total. The zero-order valence-corrected chi connectivity index (χ0v) is 16.5. The molecule has 0 bridgehead atoms. The van der Waals surface area contributed by atoms with E-state index in [0.717, 1.165) is 28.6 Å². The van der Waals surface area contributed by atoms with Gasteiger partial charge >= 0.3 is 0 Å². The topological polar surface area (TPSA) is 72.8 Å². The highest BCUT2D eigenvalue weighted by molar-refractivity contribution is 9.10. The van der Waals surface area contributed by atoms with Gasteiger partial charge in [0.25, 0.3) is 5.56 Å². The fourth-order valence-electron chi connectivity index (χ4n) is 3.77. The van der Waals surface area contributed by atoms with Crippen LogP contribution in [0.25, 0.3) is 22.4 Å². The fourth-order valence-corrected chi connectivity index (χ4v) is 4.11. The molecule has 0 saturated heterocycles. The van der Waals surface area contributed by atoms with E-state index in [4.69, 9.17) is 9.72 Å². The van der Waals surface area contributed by atoms with Gasteiger partial charge in [0.1, 0.15) is 17.1 Å². The molecule has 7 heteroatoms. The van der Waals surface area contributed by atoms with Crippen LogP contribution in [0.1, 0.15) is 43.8 Å². The van der Waals surface area contributed by atoms with Crippen molar-refractivity contribution in [1.82, 2.24) is 19.7 Å². The zero-order valence-electron chi connectivity index (χ0n) is 14.9. The van der Waals surface area contributed by atoms with Gasteiger partial charge in [-0.15, -0.1) is 0 Å². The van der Waals surface area contributed by atoms with Crippen molar-refractivity contribution in [3.05, 3.63) is 38.7 Å². The Morgan fingerprint density at radius 2 is 2.04 bits per heavy atom. The summed E-state index contributed by atoms with van der Waals surface area (Å²) < 4.78 is 8.26. The molecule has 1 aliphatic carbocycles. The molecule has 1 saturated carbocycles. The number of ether oxygens (including phenoxy) is 1. The van der Waals surface area contributed by atoms with Crippen molar-refractivity contribution in [2.75, 3.05) is 7.11 Å². The molecule has 0 radical (unpaired) electrons. The Bertz CT molecular complexity index is 1020. The van der Waals surface area contributed by atoms with Gasteiger partial charge in [-0.25, -0.2) is 4.98 Å². The number of aryl methyl sites for hydroxylation is 1. The molecule has 136 valence electrons. The van der Waals surface area contributed by atoms with E-state index in [0.29, 0.717) is 22.6 Å². The molecular formula is C19H21BrN4O2. The second-order valence-corrected chi connectivity index (χ2v) is 7.69. The monoisotopic (exact) mass is 416 g/mol. The lowest BCUT2D eigenvalue weighted by Crippen LogP contribution is -2.19. The Labute approximate surface area is 159 Å². The van der Waals surface area contributed by atoms with E-state index in [9.17, 15) is 4.79 Å². The maximum Gasteiger partial charge on any atom is 0.277 e. The fraction of sp³-hybridized carbons (Fsp3) is 0.421. The third-order valence-electron chi connectivity index (χ3n) is 5.06. The first kappa shape index (κ1) is 17.3. The van der Waals surface area contributed by atoms with Gasteiger partial charge in [0.15, 0.2) is 5.52 Å². The molecular weight excluding hydrogens is 396 g/mol. The number of hydrogen-bond donors (Lipinski definition) is 1. The lowest BCUT2D eigenvalue weighted by Gasteiger charge is -2.22. The zero-order chi connectivity index (χ0) is 18.3. The summed E-state index contributed by atoms with van der Waals surface area (Å²) in [6, 6.07) is 5.93. The van der Waals surface area contributed by atoms with Crippen LogP contribution in [0.3, 0.4) is 0 Å². The minimum atomic E-state index is -0.152. The summed E-state index contributed by atoms with van der Waals surface area (Å²) in [5.41, 5.74) is 2.63. The van der Waals surface area contributed by atoms with Crippen molar-refractivity contribution < 1.29 is 4.74 Å². The maximum atomic E-state index is 12.9. The standard InChI is InChI=1S/C19H21BrN4O2/c1-11-16-17(24(23-11)13-6-4-3-5-7-13)19(25)22-18(21-16)14-9-8-12(20)10-15(14)26-2/h8-10,13H,3-7H2,1-2H3,(H,21,22,25). The molecule has 2 heterocycles. The van der Waals surface area contributed by atoms with Crippen LogP contribution in [0.5, 0.6) is 5.75 Å². The highest BCUT2D eigenvalue weighted by atomic mass is 79.9. The number of halogens is 1. The van der Waals surface area contributed by atoms with Crippen LogP contribution in [0.15, 0.2) is 27.5 Å². The van der Waals surface area contributed by atoms with Crippen LogP contribution >= 0.6 is 15.9 Å². The minimum absolute atomic E-state index is 0.152. The van der Waals surface area contributed by atoms with Crippen LogP contribution in [0.4, 0.5) is 0 Å². The molecule has 1 aromatic carbocycles. The molecule has 1 N–H and O–H groups in total. The van der Waals surface area contributed by atoms with E-state index in [-0.39, 0.29) is 11.6 Å². The number of benzene rings is 1. The Morgan fingerprint density at radius 3 is 2.77 bits per heavy atom. The Kier molecular flexibility index (Phi) is 4.56. The average Bonchev–Trinajstić information content (AvgIpc) is 2.99. The van der Waals surface area contributed by atoms with E-state index < -0.39 is 0 Å². The second-order valence-electron chi connectivity index (χ2n) is 6.78. The van der Waals surface area contributed by atoms with Crippen LogP contribution in [0.2, 0.25) is 0 Å². The van der Waals surface area contributed by atoms with Gasteiger partial charge in [-0.1, -0.05) is 35.2 Å². The summed E-state index contributed by atoms with van der Waals surface area (Å²) in [4.78, 5) is 20.6. The number of nitrogens with zero attached hydrogens (tertiary/aromatic N) is 3. The van der Waals surface area contributed by atoms with Gasteiger partial charge in [0.2, 0.25) is 0 Å². The molecule has 2 aromatic heterocycles. The lowest BCUT2D eigenvalue weighted by atomic mass is 9.95. The van der Waals surface area contributed by atoms with E-state index in [1.807, 2.05) is 29.8 Å². The molecule has 0 unspecified atom stereocenters. The van der Waals surface area contributed by atoms with Gasteiger partial charge < -0.3 is 9.72 Å². The average molecular weight is 417 g/mol. The largest absolute Gasteiger partial charge is 0.496 e. The third kappa shape index (κ3) is 2.94. The van der Waals surface area contributed by atoms with Crippen molar-refractivity contribution in [3.63, 3.8) is 0 Å². The molecule has 26 heavy (non-hydrogen) atoms. The summed E-state index contributed by atoms with van der Waals surface area (Å²) in [6.07, 6.45) is 5.77. The summed E-state index contributed by atoms with van der Waals surface area (Å²) in [7, 11) is 1.61. The predicted octanol–water partition coefficient (Wildman–Crippen LogP) is 4.37. The summed E-state index contributed by atoms with van der Waals surface area (Å²) in [6.45, 7) is 1.91. The van der Waals surface area contributed by atoms with E-state index in [2.05, 4.69) is 26.0 Å². The highest BCUT2D eigenvalue weighted by Crippen LogP contribution is 2.33. The summed E-state index contributed by atoms with van der Waals surface area (Å²) in [5.74, 6) is 1.15. The number of hydrogen-bond acceptors (Lipinski definition) is 4. The number of H-pyrrole nitrogens is 1. The smallest absolute Gasteiger partial charge is 0.277 e. The van der Waals surface area contributed by atoms with Crippen molar-refractivity contribution in [2.45, 2.75) is 45.1 Å². The van der Waals surface area contributed by atoms with Crippen LogP contribution < -0.4 is 10.3 Å². The van der Waals surface area contributed by atoms with E-state index in [1.165, 1.54) is 19.3 Å². The number of nitrogens with one attached hydrogen (secondary N) is 1. The van der Waals surface area contributed by atoms with Crippen molar-refractivity contribution in [1.29, 1.82) is 0 Å². The quantitative estimate of drug-likeness (QED) is 0.687. The van der Waals surface area contributed by atoms with Crippen LogP contribution in [0, 0.1) is 6.92 Å². The number of aromatic amines is 1. The first-order chi connectivity index (χ1) is 12.6. The number of fused-ring (bicyclic) bond motifs is 1. The summed E-state index contributed by atoms with van der Waals surface area (Å²) >= 11 is 3.44. The maximum absolute atomic E-state index is 12.9. The number of aromatic nitrogens is 4. The second kappa shape index (κ2) is 6.87. The first-order valence-electron chi connectivity index (χ1n) is 8.91. The van der Waals surface area contributed by atoms with Gasteiger partial charge in [-0.05, 0) is 38.0 Å². The molecule has 3 aromatic rings. The SMILES string of the molecule is COc1cc(Br)ccc1-c1nc2c(C)nn(C3CCCCC3)c2c(=O)[nH]1. The van der Waals surface area contributed by atoms with Gasteiger partial charge in [-0.2, -0.15) is 5.10 Å². The lowest BCUT2D eigenvalue weighted by molar-refractivity contribution is 0.336. The molecule has 0 atom stereocenters. The Hall–Kier alpha value is -2.15. The van der Waals surface area contributed by atoms with Crippen molar-refractivity contribution >= 4 is 27.0 Å². The number of rotatable bonds is 3. The highest BCUT2D eigenvalue weighted by Gasteiger charge is 2.23. The van der Waals surface area contributed by atoms with E-state index in [1.54, 1.807) is 7.11 Å². The molecule has 4 rings (SSSR count). The predicted molar refractivity (Wildman–Crippen MR) is 105 cm³/mol.